The highest BCUT2D eigenvalue weighted by molar-refractivity contribution is 5.65. The number of rotatable bonds is 2. The molecule has 0 radical (unpaired) electrons. The highest BCUT2D eigenvalue weighted by atomic mass is 19.4. The fourth-order valence-electron chi connectivity index (χ4n) is 2.03. The van der Waals surface area contributed by atoms with Crippen LogP contribution in [0.2, 0.25) is 0 Å². The Morgan fingerprint density at radius 2 is 1.85 bits per heavy atom. The fraction of sp³-hybridized carbons (Fsp3) is 0.417. The summed E-state index contributed by atoms with van der Waals surface area (Å²) in [7, 11) is 0. The van der Waals surface area contributed by atoms with Gasteiger partial charge in [0.25, 0.3) is 0 Å². The molecule has 1 fully saturated rings. The van der Waals surface area contributed by atoms with Crippen molar-refractivity contribution in [3.63, 3.8) is 0 Å². The molecule has 110 valence electrons. The molecule has 2 rings (SSSR count). The topological polar surface area (TPSA) is 53.0 Å². The van der Waals surface area contributed by atoms with Gasteiger partial charge in [-0.25, -0.2) is 4.79 Å². The maximum absolute atomic E-state index is 12.1. The van der Waals surface area contributed by atoms with Gasteiger partial charge in [-0.3, -0.25) is 0 Å². The van der Waals surface area contributed by atoms with E-state index < -0.39 is 12.5 Å². The molecule has 1 amide bonds. The highest BCUT2D eigenvalue weighted by Crippen LogP contribution is 2.27. The summed E-state index contributed by atoms with van der Waals surface area (Å²) in [6, 6.07) is 5.66. The van der Waals surface area contributed by atoms with Crippen LogP contribution in [0.1, 0.15) is 0 Å². The molecule has 8 heteroatoms. The van der Waals surface area contributed by atoms with Crippen molar-refractivity contribution in [3.05, 3.63) is 24.3 Å². The van der Waals surface area contributed by atoms with Crippen molar-refractivity contribution in [2.45, 2.75) is 6.36 Å². The van der Waals surface area contributed by atoms with E-state index in [0.717, 1.165) is 0 Å². The number of anilines is 1. The summed E-state index contributed by atoms with van der Waals surface area (Å²) < 4.78 is 40.3. The van der Waals surface area contributed by atoms with Crippen molar-refractivity contribution < 1.29 is 27.8 Å². The van der Waals surface area contributed by atoms with Gasteiger partial charge in [0.1, 0.15) is 5.75 Å². The molecule has 1 aliphatic heterocycles. The monoisotopic (exact) mass is 290 g/mol. The third-order valence-electron chi connectivity index (χ3n) is 2.97. The fourth-order valence-corrected chi connectivity index (χ4v) is 2.03. The number of benzene rings is 1. The van der Waals surface area contributed by atoms with Gasteiger partial charge in [-0.15, -0.1) is 13.2 Å². The zero-order valence-corrected chi connectivity index (χ0v) is 10.4. The smallest absolute Gasteiger partial charge is 0.465 e. The molecule has 0 unspecified atom stereocenters. The molecule has 1 saturated heterocycles. The second-order valence-corrected chi connectivity index (χ2v) is 4.30. The molecule has 0 aromatic heterocycles. The van der Waals surface area contributed by atoms with Crippen LogP contribution >= 0.6 is 0 Å². The Morgan fingerprint density at radius 3 is 2.40 bits per heavy atom. The zero-order chi connectivity index (χ0) is 14.8. The Hall–Kier alpha value is -2.12. The number of piperazine rings is 1. The van der Waals surface area contributed by atoms with Crippen LogP contribution in [0.4, 0.5) is 23.7 Å². The molecule has 0 saturated carbocycles. The SMILES string of the molecule is O=C(O)N1CCN(c2cccc(OC(F)(F)F)c2)CC1. The Morgan fingerprint density at radius 1 is 1.20 bits per heavy atom. The molecule has 1 aliphatic rings. The Balaban J connectivity index is 2.03. The zero-order valence-electron chi connectivity index (χ0n) is 10.4. The summed E-state index contributed by atoms with van der Waals surface area (Å²) in [5.74, 6) is -0.282. The maximum atomic E-state index is 12.1. The van der Waals surface area contributed by atoms with Crippen LogP contribution in [0.25, 0.3) is 0 Å². The van der Waals surface area contributed by atoms with E-state index in [4.69, 9.17) is 5.11 Å². The van der Waals surface area contributed by atoms with Crippen LogP contribution in [0.3, 0.4) is 0 Å². The van der Waals surface area contributed by atoms with Crippen molar-refractivity contribution >= 4 is 11.8 Å². The van der Waals surface area contributed by atoms with Crippen molar-refractivity contribution in [2.24, 2.45) is 0 Å². The van der Waals surface area contributed by atoms with Gasteiger partial charge >= 0.3 is 12.5 Å². The van der Waals surface area contributed by atoms with E-state index in [1.807, 2.05) is 4.90 Å². The summed E-state index contributed by atoms with van der Waals surface area (Å²) in [6.45, 7) is 1.50. The van der Waals surface area contributed by atoms with E-state index in [0.29, 0.717) is 31.9 Å². The number of hydrogen-bond donors (Lipinski definition) is 1. The molecule has 1 aromatic carbocycles. The highest BCUT2D eigenvalue weighted by Gasteiger charge is 2.31. The molecular weight excluding hydrogens is 277 g/mol. The molecule has 0 bridgehead atoms. The number of carboxylic acid groups (broad SMARTS) is 1. The van der Waals surface area contributed by atoms with Gasteiger partial charge in [-0.1, -0.05) is 6.07 Å². The first-order chi connectivity index (χ1) is 9.35. The quantitative estimate of drug-likeness (QED) is 0.908. The van der Waals surface area contributed by atoms with Gasteiger partial charge < -0.3 is 19.6 Å². The Labute approximate surface area is 113 Å². The predicted molar refractivity (Wildman–Crippen MR) is 64.9 cm³/mol. The maximum Gasteiger partial charge on any atom is 0.573 e. The van der Waals surface area contributed by atoms with Gasteiger partial charge in [-0.05, 0) is 12.1 Å². The minimum absolute atomic E-state index is 0.282. The van der Waals surface area contributed by atoms with Gasteiger partial charge in [0.2, 0.25) is 0 Å². The number of nitrogens with zero attached hydrogens (tertiary/aromatic N) is 2. The van der Waals surface area contributed by atoms with Crippen LogP contribution in [-0.2, 0) is 0 Å². The van der Waals surface area contributed by atoms with Gasteiger partial charge in [-0.2, -0.15) is 0 Å². The van der Waals surface area contributed by atoms with Gasteiger partial charge in [0.05, 0.1) is 0 Å². The summed E-state index contributed by atoms with van der Waals surface area (Å²) in [4.78, 5) is 13.9. The standard InChI is InChI=1S/C12H13F3N2O3/c13-12(14,15)20-10-3-1-2-9(8-10)16-4-6-17(7-5-16)11(18)19/h1-3,8H,4-7H2,(H,18,19). The number of ether oxygens (including phenoxy) is 1. The lowest BCUT2D eigenvalue weighted by Crippen LogP contribution is -2.48. The molecule has 0 spiro atoms. The van der Waals surface area contributed by atoms with Crippen LogP contribution < -0.4 is 9.64 Å². The van der Waals surface area contributed by atoms with Crippen LogP contribution in [0.5, 0.6) is 5.75 Å². The Bertz CT molecular complexity index is 485. The van der Waals surface area contributed by atoms with Crippen LogP contribution in [0.15, 0.2) is 24.3 Å². The van der Waals surface area contributed by atoms with Crippen molar-refractivity contribution in [3.8, 4) is 5.75 Å². The Kier molecular flexibility index (Phi) is 3.91. The summed E-state index contributed by atoms with van der Waals surface area (Å²) in [5.41, 5.74) is 0.580. The molecule has 20 heavy (non-hydrogen) atoms. The summed E-state index contributed by atoms with van der Waals surface area (Å²) >= 11 is 0. The van der Waals surface area contributed by atoms with E-state index in [2.05, 4.69) is 4.74 Å². The average Bonchev–Trinajstić information content (AvgIpc) is 2.37. The third-order valence-corrected chi connectivity index (χ3v) is 2.97. The molecule has 1 aromatic rings. The number of alkyl halides is 3. The first-order valence-electron chi connectivity index (χ1n) is 5.94. The largest absolute Gasteiger partial charge is 0.573 e. The molecule has 0 atom stereocenters. The normalized spacial score (nSPS) is 16.1. The molecular formula is C12H13F3N2O3. The third kappa shape index (κ3) is 3.69. The summed E-state index contributed by atoms with van der Waals surface area (Å²) in [5, 5.41) is 8.83. The van der Waals surface area contributed by atoms with E-state index in [1.165, 1.54) is 23.1 Å². The van der Waals surface area contributed by atoms with Crippen LogP contribution in [0, 0.1) is 0 Å². The lowest BCUT2D eigenvalue weighted by atomic mass is 10.2. The first-order valence-corrected chi connectivity index (χ1v) is 5.94. The van der Waals surface area contributed by atoms with Crippen molar-refractivity contribution in [2.75, 3.05) is 31.1 Å². The minimum Gasteiger partial charge on any atom is -0.465 e. The second kappa shape index (κ2) is 5.48. The number of hydrogen-bond acceptors (Lipinski definition) is 3. The average molecular weight is 290 g/mol. The van der Waals surface area contributed by atoms with E-state index in [1.54, 1.807) is 6.07 Å². The summed E-state index contributed by atoms with van der Waals surface area (Å²) in [6.07, 6.45) is -5.71. The number of carbonyl (C=O) groups is 1. The molecule has 5 nitrogen and oxygen atoms in total. The molecule has 1 heterocycles. The minimum atomic E-state index is -4.72. The predicted octanol–water partition coefficient (Wildman–Crippen LogP) is 2.39. The van der Waals surface area contributed by atoms with Crippen molar-refractivity contribution in [1.82, 2.24) is 4.90 Å². The lowest BCUT2D eigenvalue weighted by molar-refractivity contribution is -0.274. The first kappa shape index (κ1) is 14.3. The second-order valence-electron chi connectivity index (χ2n) is 4.30. The van der Waals surface area contributed by atoms with E-state index in [9.17, 15) is 18.0 Å². The van der Waals surface area contributed by atoms with Crippen molar-refractivity contribution in [1.29, 1.82) is 0 Å². The number of halogens is 3. The van der Waals surface area contributed by atoms with E-state index >= 15 is 0 Å². The van der Waals surface area contributed by atoms with Gasteiger partial charge in [0.15, 0.2) is 0 Å². The molecule has 0 aliphatic carbocycles. The number of amides is 1. The van der Waals surface area contributed by atoms with Crippen LogP contribution in [-0.4, -0.2) is 48.6 Å². The van der Waals surface area contributed by atoms with E-state index in [-0.39, 0.29) is 5.75 Å². The van der Waals surface area contributed by atoms with Gasteiger partial charge in [0, 0.05) is 37.9 Å². The molecule has 1 N–H and O–H groups in total. The lowest BCUT2D eigenvalue weighted by Gasteiger charge is -2.34.